The van der Waals surface area contributed by atoms with Crippen LogP contribution in [0.4, 0.5) is 0 Å². The Hall–Kier alpha value is -0.760. The van der Waals surface area contributed by atoms with Crippen LogP contribution in [0.25, 0.3) is 0 Å². The maximum absolute atomic E-state index is 5.66. The second-order valence-corrected chi connectivity index (χ2v) is 6.37. The Morgan fingerprint density at radius 1 is 1.21 bits per heavy atom. The predicted molar refractivity (Wildman–Crippen MR) is 80.0 cm³/mol. The Labute approximate surface area is 118 Å². The first-order valence-corrected chi connectivity index (χ1v) is 7.99. The van der Waals surface area contributed by atoms with Gasteiger partial charge in [0.2, 0.25) is 0 Å². The summed E-state index contributed by atoms with van der Waals surface area (Å²) in [5, 5.41) is 3.69. The lowest BCUT2D eigenvalue weighted by Gasteiger charge is -2.35. The molecule has 1 aromatic rings. The topological polar surface area (TPSA) is 25.2 Å². The monoisotopic (exact) mass is 263 g/mol. The van der Waals surface area contributed by atoms with Crippen LogP contribution in [-0.4, -0.2) is 6.54 Å². The lowest BCUT2D eigenvalue weighted by molar-refractivity contribution is 0.177. The van der Waals surface area contributed by atoms with E-state index < -0.39 is 0 Å². The van der Waals surface area contributed by atoms with E-state index in [1.165, 1.54) is 32.1 Å². The van der Waals surface area contributed by atoms with Crippen molar-refractivity contribution < 1.29 is 4.42 Å². The molecule has 2 nitrogen and oxygen atoms in total. The van der Waals surface area contributed by atoms with Crippen LogP contribution in [0.2, 0.25) is 0 Å². The first kappa shape index (κ1) is 14.6. The zero-order valence-electron chi connectivity index (χ0n) is 12.7. The van der Waals surface area contributed by atoms with Crippen molar-refractivity contribution in [3.05, 3.63) is 24.2 Å². The van der Waals surface area contributed by atoms with Crippen LogP contribution >= 0.6 is 0 Å². The molecule has 2 heteroatoms. The fourth-order valence-corrected chi connectivity index (χ4v) is 3.41. The molecule has 0 spiro atoms. The average Bonchev–Trinajstić information content (AvgIpc) is 2.94. The minimum Gasteiger partial charge on any atom is -0.468 e. The van der Waals surface area contributed by atoms with E-state index in [2.05, 4.69) is 32.2 Å². The Bertz CT molecular complexity index is 336. The van der Waals surface area contributed by atoms with E-state index in [1.807, 2.05) is 6.07 Å². The third kappa shape index (κ3) is 3.85. The molecule has 0 aromatic carbocycles. The third-order valence-electron chi connectivity index (χ3n) is 4.69. The van der Waals surface area contributed by atoms with Gasteiger partial charge in [0.05, 0.1) is 12.3 Å². The van der Waals surface area contributed by atoms with Crippen molar-refractivity contribution >= 4 is 0 Å². The number of nitrogens with one attached hydrogen (secondary N) is 1. The van der Waals surface area contributed by atoms with Gasteiger partial charge in [-0.15, -0.1) is 0 Å². The van der Waals surface area contributed by atoms with Gasteiger partial charge in [0, 0.05) is 0 Å². The van der Waals surface area contributed by atoms with E-state index in [-0.39, 0.29) is 0 Å². The summed E-state index contributed by atoms with van der Waals surface area (Å²) in [6.07, 6.45) is 8.42. The Morgan fingerprint density at radius 2 is 1.89 bits per heavy atom. The number of furan rings is 1. The second kappa shape index (κ2) is 7.14. The smallest absolute Gasteiger partial charge is 0.120 e. The molecule has 108 valence electrons. The molecule has 0 saturated heterocycles. The van der Waals surface area contributed by atoms with Crippen molar-refractivity contribution in [3.63, 3.8) is 0 Å². The lowest BCUT2D eigenvalue weighted by atomic mass is 9.74. The van der Waals surface area contributed by atoms with Crippen LogP contribution in [-0.2, 0) is 0 Å². The van der Waals surface area contributed by atoms with Crippen molar-refractivity contribution in [1.29, 1.82) is 0 Å². The standard InChI is InChI=1S/C17H29NO/c1-4-11-18-17(16-6-5-12-19-16)15-9-7-14(8-10-15)13(2)3/h5-6,12-15,17-18H,4,7-11H2,1-3H3. The number of rotatable bonds is 6. The Morgan fingerprint density at radius 3 is 2.42 bits per heavy atom. The molecule has 1 heterocycles. The molecule has 1 aliphatic rings. The second-order valence-electron chi connectivity index (χ2n) is 6.37. The van der Waals surface area contributed by atoms with Crippen LogP contribution in [0.5, 0.6) is 0 Å². The minimum atomic E-state index is 0.420. The van der Waals surface area contributed by atoms with Gasteiger partial charge in [-0.3, -0.25) is 0 Å². The van der Waals surface area contributed by atoms with Crippen LogP contribution in [0.3, 0.4) is 0 Å². The highest BCUT2D eigenvalue weighted by Gasteiger charge is 2.30. The number of hydrogen-bond acceptors (Lipinski definition) is 2. The molecule has 1 saturated carbocycles. The molecular weight excluding hydrogens is 234 g/mol. The van der Waals surface area contributed by atoms with Crippen molar-refractivity contribution in [1.82, 2.24) is 5.32 Å². The first-order chi connectivity index (χ1) is 9.22. The van der Waals surface area contributed by atoms with Gasteiger partial charge in [-0.25, -0.2) is 0 Å². The van der Waals surface area contributed by atoms with Gasteiger partial charge in [-0.1, -0.05) is 20.8 Å². The van der Waals surface area contributed by atoms with E-state index >= 15 is 0 Å². The molecule has 0 bridgehead atoms. The maximum atomic E-state index is 5.66. The normalized spacial score (nSPS) is 25.7. The molecule has 1 unspecified atom stereocenters. The fourth-order valence-electron chi connectivity index (χ4n) is 3.41. The van der Waals surface area contributed by atoms with E-state index in [4.69, 9.17) is 4.42 Å². The maximum Gasteiger partial charge on any atom is 0.120 e. The molecule has 0 amide bonds. The summed E-state index contributed by atoms with van der Waals surface area (Å²) in [7, 11) is 0. The molecule has 0 radical (unpaired) electrons. The van der Waals surface area contributed by atoms with Crippen LogP contribution < -0.4 is 5.32 Å². The summed E-state index contributed by atoms with van der Waals surface area (Å²) >= 11 is 0. The summed E-state index contributed by atoms with van der Waals surface area (Å²) in [5.74, 6) is 3.64. The third-order valence-corrected chi connectivity index (χ3v) is 4.69. The first-order valence-electron chi connectivity index (χ1n) is 7.99. The van der Waals surface area contributed by atoms with E-state index in [9.17, 15) is 0 Å². The molecule has 1 atom stereocenters. The van der Waals surface area contributed by atoms with Crippen molar-refractivity contribution in [2.75, 3.05) is 6.54 Å². The summed E-state index contributed by atoms with van der Waals surface area (Å²) < 4.78 is 5.66. The summed E-state index contributed by atoms with van der Waals surface area (Å²) in [6, 6.07) is 4.56. The van der Waals surface area contributed by atoms with Crippen LogP contribution in [0.15, 0.2) is 22.8 Å². The fraction of sp³-hybridized carbons (Fsp3) is 0.765. The lowest BCUT2D eigenvalue weighted by Crippen LogP contribution is -2.32. The van der Waals surface area contributed by atoms with E-state index in [0.29, 0.717) is 6.04 Å². The van der Waals surface area contributed by atoms with Gasteiger partial charge >= 0.3 is 0 Å². The highest BCUT2D eigenvalue weighted by Crippen LogP contribution is 2.39. The Kier molecular flexibility index (Phi) is 5.50. The number of hydrogen-bond donors (Lipinski definition) is 1. The highest BCUT2D eigenvalue weighted by molar-refractivity contribution is 5.06. The van der Waals surface area contributed by atoms with Crippen molar-refractivity contribution in [3.8, 4) is 0 Å². The zero-order chi connectivity index (χ0) is 13.7. The van der Waals surface area contributed by atoms with E-state index in [0.717, 1.165) is 30.1 Å². The quantitative estimate of drug-likeness (QED) is 0.798. The van der Waals surface area contributed by atoms with Gasteiger partial charge < -0.3 is 9.73 Å². The molecule has 0 aliphatic heterocycles. The molecule has 2 rings (SSSR count). The SMILES string of the molecule is CCCNC(c1ccco1)C1CCC(C(C)C)CC1. The van der Waals surface area contributed by atoms with Gasteiger partial charge in [-0.2, -0.15) is 0 Å². The summed E-state index contributed by atoms with van der Waals surface area (Å²) in [5.41, 5.74) is 0. The zero-order valence-corrected chi connectivity index (χ0v) is 12.7. The minimum absolute atomic E-state index is 0.420. The predicted octanol–water partition coefficient (Wildman–Crippen LogP) is 4.78. The van der Waals surface area contributed by atoms with Gasteiger partial charge in [0.15, 0.2) is 0 Å². The highest BCUT2D eigenvalue weighted by atomic mass is 16.3. The summed E-state index contributed by atoms with van der Waals surface area (Å²) in [6.45, 7) is 8.03. The van der Waals surface area contributed by atoms with Gasteiger partial charge in [0.25, 0.3) is 0 Å². The van der Waals surface area contributed by atoms with Crippen LogP contribution in [0.1, 0.15) is 64.7 Å². The molecule has 1 N–H and O–H groups in total. The van der Waals surface area contributed by atoms with Crippen LogP contribution in [0, 0.1) is 17.8 Å². The Balaban J connectivity index is 1.96. The molecule has 19 heavy (non-hydrogen) atoms. The largest absolute Gasteiger partial charge is 0.468 e. The molecule has 1 aliphatic carbocycles. The van der Waals surface area contributed by atoms with Gasteiger partial charge in [-0.05, 0) is 68.5 Å². The van der Waals surface area contributed by atoms with Crippen molar-refractivity contribution in [2.45, 2.75) is 58.9 Å². The van der Waals surface area contributed by atoms with Crippen molar-refractivity contribution in [2.24, 2.45) is 17.8 Å². The van der Waals surface area contributed by atoms with Gasteiger partial charge in [0.1, 0.15) is 5.76 Å². The van der Waals surface area contributed by atoms with E-state index in [1.54, 1.807) is 6.26 Å². The molecule has 1 aromatic heterocycles. The average molecular weight is 263 g/mol. The summed E-state index contributed by atoms with van der Waals surface area (Å²) in [4.78, 5) is 0. The molecular formula is C17H29NO. The molecule has 1 fully saturated rings.